The summed E-state index contributed by atoms with van der Waals surface area (Å²) in [6.45, 7) is 19.1. The van der Waals surface area contributed by atoms with Crippen LogP contribution in [0.4, 0.5) is 0 Å². The number of aryl methyl sites for hydroxylation is 2. The molecule has 0 amide bonds. The zero-order chi connectivity index (χ0) is 21.4. The molecule has 166 valence electrons. The monoisotopic (exact) mass is 414 g/mol. The number of aromatic nitrogens is 4. The summed E-state index contributed by atoms with van der Waals surface area (Å²) in [5.41, 5.74) is 2.41. The van der Waals surface area contributed by atoms with E-state index in [-0.39, 0.29) is 0 Å². The van der Waals surface area contributed by atoms with Crippen molar-refractivity contribution in [2.45, 2.75) is 78.8 Å². The summed E-state index contributed by atoms with van der Waals surface area (Å²) in [7, 11) is 0. The van der Waals surface area contributed by atoms with Crippen molar-refractivity contribution in [3.8, 4) is 0 Å². The molecule has 2 aliphatic heterocycles. The molecule has 0 unspecified atom stereocenters. The van der Waals surface area contributed by atoms with Crippen molar-refractivity contribution < 1.29 is 0 Å². The number of nitrogens with one attached hydrogen (secondary N) is 2. The van der Waals surface area contributed by atoms with Crippen LogP contribution in [0.5, 0.6) is 0 Å². The van der Waals surface area contributed by atoms with Gasteiger partial charge in [0.05, 0.1) is 13.1 Å². The molecule has 8 nitrogen and oxygen atoms in total. The molecule has 2 aliphatic rings. The molecule has 0 aliphatic carbocycles. The van der Waals surface area contributed by atoms with Gasteiger partial charge in [0.1, 0.15) is 0 Å². The summed E-state index contributed by atoms with van der Waals surface area (Å²) in [6, 6.07) is 6.30. The molecule has 2 fully saturated rings. The topological polar surface area (TPSA) is 66.2 Å². The highest BCUT2D eigenvalue weighted by atomic mass is 15.5. The number of nitrogens with zero attached hydrogens (tertiary/aromatic N) is 6. The fourth-order valence-corrected chi connectivity index (χ4v) is 5.29. The summed E-state index contributed by atoms with van der Waals surface area (Å²) in [4.78, 5) is 5.00. The van der Waals surface area contributed by atoms with Crippen molar-refractivity contribution in [1.82, 2.24) is 40.0 Å². The van der Waals surface area contributed by atoms with Gasteiger partial charge in [0.15, 0.2) is 11.6 Å². The van der Waals surface area contributed by atoms with E-state index in [0.717, 1.165) is 50.9 Å². The molecular formula is C22H38N8. The van der Waals surface area contributed by atoms with Gasteiger partial charge in [-0.2, -0.15) is 0 Å². The highest BCUT2D eigenvalue weighted by Crippen LogP contribution is 2.17. The third kappa shape index (κ3) is 4.61. The van der Waals surface area contributed by atoms with E-state index in [0.29, 0.717) is 24.2 Å². The number of rotatable bonds is 5. The van der Waals surface area contributed by atoms with Gasteiger partial charge >= 0.3 is 0 Å². The number of piperazine rings is 2. The summed E-state index contributed by atoms with van der Waals surface area (Å²) in [5.74, 6) is 2.04. The maximum atomic E-state index is 4.69. The van der Waals surface area contributed by atoms with Gasteiger partial charge in [-0.25, -0.2) is 4.68 Å². The quantitative estimate of drug-likeness (QED) is 0.771. The molecule has 2 aromatic heterocycles. The molecule has 4 atom stereocenters. The second kappa shape index (κ2) is 8.78. The standard InChI is InChI=1S/C22H38N8/c1-15-9-27(10-16(2)23-15)13-21-25-26-22(14-28-11-17(3)24-18(4)12-28)30(21)29-19(5)7-8-20(29)6/h7-8,15-18,23-24H,9-14H2,1-6H3/t15-,16-,17-,18+/m1/s1. The SMILES string of the molecule is Cc1ccc(C)n1-n1c(CN2C[C@@H](C)N[C@H](C)C2)nnc1CN1C[C@@H](C)N[C@@H](C)C1. The van der Waals surface area contributed by atoms with Crippen molar-refractivity contribution in [3.63, 3.8) is 0 Å². The molecule has 0 saturated carbocycles. The lowest BCUT2D eigenvalue weighted by Crippen LogP contribution is -2.54. The molecule has 0 radical (unpaired) electrons. The molecule has 2 N–H and O–H groups in total. The van der Waals surface area contributed by atoms with E-state index in [1.54, 1.807) is 0 Å². The van der Waals surface area contributed by atoms with Gasteiger partial charge in [0, 0.05) is 61.7 Å². The van der Waals surface area contributed by atoms with E-state index in [1.807, 2.05) is 0 Å². The molecule has 0 aromatic carbocycles. The Kier molecular flexibility index (Phi) is 6.29. The molecule has 4 heterocycles. The Labute approximate surface area is 180 Å². The Morgan fingerprint density at radius 3 is 1.43 bits per heavy atom. The molecule has 30 heavy (non-hydrogen) atoms. The zero-order valence-electron chi connectivity index (χ0n) is 19.4. The van der Waals surface area contributed by atoms with Crippen LogP contribution in [0.15, 0.2) is 12.1 Å². The highest BCUT2D eigenvalue weighted by molar-refractivity contribution is 5.16. The van der Waals surface area contributed by atoms with Crippen molar-refractivity contribution in [2.24, 2.45) is 0 Å². The second-order valence-electron chi connectivity index (χ2n) is 9.60. The second-order valence-corrected chi connectivity index (χ2v) is 9.60. The third-order valence-corrected chi connectivity index (χ3v) is 6.20. The maximum Gasteiger partial charge on any atom is 0.167 e. The van der Waals surface area contributed by atoms with Gasteiger partial charge in [0.25, 0.3) is 0 Å². The van der Waals surface area contributed by atoms with E-state index in [2.05, 4.69) is 93.7 Å². The van der Waals surface area contributed by atoms with E-state index in [9.17, 15) is 0 Å². The lowest BCUT2D eigenvalue weighted by atomic mass is 10.1. The first-order valence-electron chi connectivity index (χ1n) is 11.4. The Balaban J connectivity index is 1.64. The Morgan fingerprint density at radius 1 is 0.700 bits per heavy atom. The smallest absolute Gasteiger partial charge is 0.167 e. The lowest BCUT2D eigenvalue weighted by Gasteiger charge is -2.36. The summed E-state index contributed by atoms with van der Waals surface area (Å²) in [6.07, 6.45) is 0. The minimum atomic E-state index is 0.489. The summed E-state index contributed by atoms with van der Waals surface area (Å²) in [5, 5.41) is 16.6. The number of hydrogen-bond acceptors (Lipinski definition) is 6. The fourth-order valence-electron chi connectivity index (χ4n) is 5.29. The molecule has 2 aromatic rings. The van der Waals surface area contributed by atoms with Crippen LogP contribution < -0.4 is 10.6 Å². The van der Waals surface area contributed by atoms with Gasteiger partial charge in [-0.05, 0) is 53.7 Å². The van der Waals surface area contributed by atoms with Crippen LogP contribution in [0.25, 0.3) is 0 Å². The van der Waals surface area contributed by atoms with Crippen molar-refractivity contribution >= 4 is 0 Å². The fraction of sp³-hybridized carbons (Fsp3) is 0.727. The van der Waals surface area contributed by atoms with Gasteiger partial charge in [-0.3, -0.25) is 14.5 Å². The number of hydrogen-bond donors (Lipinski definition) is 2. The van der Waals surface area contributed by atoms with Gasteiger partial charge < -0.3 is 10.6 Å². The van der Waals surface area contributed by atoms with Crippen LogP contribution in [0.1, 0.15) is 50.7 Å². The third-order valence-electron chi connectivity index (χ3n) is 6.20. The Hall–Kier alpha value is -1.74. The van der Waals surface area contributed by atoms with Crippen molar-refractivity contribution in [2.75, 3.05) is 26.2 Å². The van der Waals surface area contributed by atoms with Gasteiger partial charge in [-0.15, -0.1) is 10.2 Å². The van der Waals surface area contributed by atoms with Crippen molar-refractivity contribution in [1.29, 1.82) is 0 Å². The predicted molar refractivity (Wildman–Crippen MR) is 119 cm³/mol. The highest BCUT2D eigenvalue weighted by Gasteiger charge is 2.27. The zero-order valence-corrected chi connectivity index (χ0v) is 19.4. The minimum Gasteiger partial charge on any atom is -0.309 e. The lowest BCUT2D eigenvalue weighted by molar-refractivity contribution is 0.156. The predicted octanol–water partition coefficient (Wildman–Crippen LogP) is 1.37. The normalized spacial score (nSPS) is 28.9. The summed E-state index contributed by atoms with van der Waals surface area (Å²) >= 11 is 0. The molecule has 8 heteroatoms. The van der Waals surface area contributed by atoms with Gasteiger partial charge in [-0.1, -0.05) is 0 Å². The largest absolute Gasteiger partial charge is 0.309 e. The Bertz CT molecular complexity index is 770. The first kappa shape index (κ1) is 21.5. The average Bonchev–Trinajstić information content (AvgIpc) is 3.15. The van der Waals surface area contributed by atoms with Crippen LogP contribution in [0.3, 0.4) is 0 Å². The molecular weight excluding hydrogens is 376 g/mol. The van der Waals surface area contributed by atoms with Crippen LogP contribution in [0.2, 0.25) is 0 Å². The van der Waals surface area contributed by atoms with Crippen LogP contribution in [-0.4, -0.2) is 79.7 Å². The Morgan fingerprint density at radius 2 is 1.07 bits per heavy atom. The molecule has 2 saturated heterocycles. The minimum absolute atomic E-state index is 0.489. The van der Waals surface area contributed by atoms with Crippen LogP contribution in [-0.2, 0) is 13.1 Å². The summed E-state index contributed by atoms with van der Waals surface area (Å²) < 4.78 is 4.54. The average molecular weight is 415 g/mol. The first-order chi connectivity index (χ1) is 14.3. The first-order valence-corrected chi connectivity index (χ1v) is 11.4. The van der Waals surface area contributed by atoms with E-state index in [1.165, 1.54) is 11.4 Å². The van der Waals surface area contributed by atoms with Crippen LogP contribution in [0, 0.1) is 13.8 Å². The molecule has 0 bridgehead atoms. The van der Waals surface area contributed by atoms with E-state index >= 15 is 0 Å². The molecule has 0 spiro atoms. The van der Waals surface area contributed by atoms with Gasteiger partial charge in [0.2, 0.25) is 0 Å². The van der Waals surface area contributed by atoms with Crippen LogP contribution >= 0.6 is 0 Å². The van der Waals surface area contributed by atoms with E-state index in [4.69, 9.17) is 0 Å². The molecule has 4 rings (SSSR count). The van der Waals surface area contributed by atoms with E-state index < -0.39 is 0 Å². The maximum absolute atomic E-state index is 4.69. The van der Waals surface area contributed by atoms with Crippen molar-refractivity contribution in [3.05, 3.63) is 35.2 Å².